The van der Waals surface area contributed by atoms with Gasteiger partial charge in [-0.25, -0.2) is 0 Å². The van der Waals surface area contributed by atoms with Crippen LogP contribution in [0.4, 0.5) is 0 Å². The van der Waals surface area contributed by atoms with Crippen LogP contribution in [0.1, 0.15) is 113 Å². The van der Waals surface area contributed by atoms with Gasteiger partial charge in [0.15, 0.2) is 0 Å². The number of hydrogen-bond donors (Lipinski definition) is 0. The summed E-state index contributed by atoms with van der Waals surface area (Å²) in [5.41, 5.74) is 3.90. The normalized spacial score (nSPS) is 44.5. The summed E-state index contributed by atoms with van der Waals surface area (Å²) < 4.78 is 6.91. The molecule has 3 heteroatoms. The highest BCUT2D eigenvalue weighted by Gasteiger charge is 2.58. The van der Waals surface area contributed by atoms with E-state index in [0.717, 1.165) is 56.0 Å². The van der Waals surface area contributed by atoms with Crippen LogP contribution < -0.4 is 0 Å². The maximum absolute atomic E-state index is 12.2. The lowest BCUT2D eigenvalue weighted by Crippen LogP contribution is -2.49. The summed E-state index contributed by atoms with van der Waals surface area (Å²) >= 11 is 0. The Kier molecular flexibility index (Phi) is 7.10. The molecule has 1 saturated heterocycles. The van der Waals surface area contributed by atoms with Gasteiger partial charge in [-0.15, -0.1) is 0 Å². The molecule has 0 amide bonds. The fraction of sp³-hybridized carbons (Fsp3) is 0.906. The SMILES string of the molecule is CC[C@H](C)CN(C(C)C)[C@@H]1CO[C@]2(CC[C@@H]3C(=C(C)C2)C[C@H]2[C@H]3CC[C@@H]3CC(=O)CC[C@@]32C)[C@@H]1C. The third kappa shape index (κ3) is 4.29. The van der Waals surface area contributed by atoms with Crippen molar-refractivity contribution in [2.45, 2.75) is 130 Å². The lowest BCUT2D eigenvalue weighted by atomic mass is 9.52. The van der Waals surface area contributed by atoms with Gasteiger partial charge in [0.2, 0.25) is 0 Å². The first kappa shape index (κ1) is 26.0. The largest absolute Gasteiger partial charge is 0.373 e. The number of Topliss-reactive ketones (excluding diaryl/α,β-unsaturated/α-hetero) is 1. The maximum Gasteiger partial charge on any atom is 0.133 e. The van der Waals surface area contributed by atoms with Crippen LogP contribution in [-0.4, -0.2) is 41.5 Å². The molecule has 5 rings (SSSR count). The molecule has 4 aliphatic carbocycles. The number of hydrogen-bond acceptors (Lipinski definition) is 3. The highest BCUT2D eigenvalue weighted by molar-refractivity contribution is 5.79. The van der Waals surface area contributed by atoms with E-state index >= 15 is 0 Å². The lowest BCUT2D eigenvalue weighted by Gasteiger charge is -2.52. The van der Waals surface area contributed by atoms with Crippen molar-refractivity contribution in [2.75, 3.05) is 13.2 Å². The van der Waals surface area contributed by atoms with Crippen molar-refractivity contribution in [2.24, 2.45) is 40.9 Å². The molecule has 0 aromatic carbocycles. The molecule has 1 aliphatic heterocycles. The van der Waals surface area contributed by atoms with Gasteiger partial charge in [-0.2, -0.15) is 0 Å². The third-order valence-electron chi connectivity index (χ3n) is 12.2. The van der Waals surface area contributed by atoms with Crippen LogP contribution in [0.25, 0.3) is 0 Å². The molecule has 0 bridgehead atoms. The van der Waals surface area contributed by atoms with Crippen LogP contribution in [0.15, 0.2) is 11.1 Å². The Bertz CT molecular complexity index is 847. The smallest absolute Gasteiger partial charge is 0.133 e. The number of ketones is 1. The molecule has 4 fully saturated rings. The summed E-state index contributed by atoms with van der Waals surface area (Å²) in [6.07, 6.45) is 11.7. The van der Waals surface area contributed by atoms with Crippen molar-refractivity contribution < 1.29 is 9.53 Å². The Morgan fingerprint density at radius 3 is 2.60 bits per heavy atom. The van der Waals surface area contributed by atoms with Gasteiger partial charge < -0.3 is 4.74 Å². The zero-order valence-electron chi connectivity index (χ0n) is 23.9. The van der Waals surface area contributed by atoms with E-state index in [4.69, 9.17) is 4.74 Å². The number of carbonyl (C=O) groups excluding carboxylic acids is 1. The average molecular weight is 484 g/mol. The highest BCUT2D eigenvalue weighted by Crippen LogP contribution is 2.64. The predicted molar refractivity (Wildman–Crippen MR) is 144 cm³/mol. The van der Waals surface area contributed by atoms with Crippen molar-refractivity contribution in [1.29, 1.82) is 0 Å². The van der Waals surface area contributed by atoms with Crippen LogP contribution in [0, 0.1) is 40.9 Å². The standard InChI is InChI=1S/C32H53NO2/c1-8-21(4)18-33(20(2)3)30-19-35-32(23(30)6)14-12-26-27-10-9-24-15-25(34)11-13-31(24,7)29(27)16-28(26)22(5)17-32/h20-21,23-24,26-27,29-30H,8-19H2,1-7H3/t21-,23+,24+,26-,27-,29-,30+,31-,32-/m0/s1. The average Bonchev–Trinajstić information content (AvgIpc) is 3.30. The van der Waals surface area contributed by atoms with E-state index in [1.165, 1.54) is 45.1 Å². The Labute approximate surface area is 215 Å². The van der Waals surface area contributed by atoms with Gasteiger partial charge in [0, 0.05) is 37.4 Å². The van der Waals surface area contributed by atoms with Gasteiger partial charge in [0.1, 0.15) is 5.78 Å². The summed E-state index contributed by atoms with van der Waals surface area (Å²) in [6, 6.07) is 1.11. The first-order valence-electron chi connectivity index (χ1n) is 15.2. The molecule has 35 heavy (non-hydrogen) atoms. The first-order chi connectivity index (χ1) is 16.6. The number of carbonyl (C=O) groups is 1. The number of rotatable bonds is 5. The fourth-order valence-corrected chi connectivity index (χ4v) is 9.66. The Hall–Kier alpha value is -0.670. The highest BCUT2D eigenvalue weighted by atomic mass is 16.5. The first-order valence-corrected chi connectivity index (χ1v) is 15.2. The second-order valence-electron chi connectivity index (χ2n) is 14.2. The van der Waals surface area contributed by atoms with E-state index in [9.17, 15) is 4.79 Å². The third-order valence-corrected chi connectivity index (χ3v) is 12.2. The molecule has 1 heterocycles. The van der Waals surface area contributed by atoms with Crippen molar-refractivity contribution >= 4 is 5.78 Å². The molecule has 0 unspecified atom stereocenters. The van der Waals surface area contributed by atoms with E-state index in [2.05, 4.69) is 53.4 Å². The van der Waals surface area contributed by atoms with Gasteiger partial charge in [0.05, 0.1) is 12.2 Å². The van der Waals surface area contributed by atoms with Crippen molar-refractivity contribution in [3.63, 3.8) is 0 Å². The van der Waals surface area contributed by atoms with Crippen LogP contribution >= 0.6 is 0 Å². The lowest BCUT2D eigenvalue weighted by molar-refractivity contribution is -0.129. The van der Waals surface area contributed by atoms with Crippen molar-refractivity contribution in [3.05, 3.63) is 11.1 Å². The zero-order valence-corrected chi connectivity index (χ0v) is 23.9. The van der Waals surface area contributed by atoms with Crippen molar-refractivity contribution in [1.82, 2.24) is 4.90 Å². The minimum atomic E-state index is 0.0303. The van der Waals surface area contributed by atoms with Gasteiger partial charge in [0.25, 0.3) is 0 Å². The molecular weight excluding hydrogens is 430 g/mol. The molecule has 0 N–H and O–H groups in total. The fourth-order valence-electron chi connectivity index (χ4n) is 9.66. The monoisotopic (exact) mass is 483 g/mol. The minimum absolute atomic E-state index is 0.0303. The Morgan fingerprint density at radius 1 is 1.11 bits per heavy atom. The molecule has 1 spiro atoms. The molecular formula is C32H53NO2. The Balaban J connectivity index is 1.36. The predicted octanol–water partition coefficient (Wildman–Crippen LogP) is 7.44. The topological polar surface area (TPSA) is 29.5 Å². The van der Waals surface area contributed by atoms with E-state index in [-0.39, 0.29) is 5.60 Å². The van der Waals surface area contributed by atoms with Gasteiger partial charge >= 0.3 is 0 Å². The van der Waals surface area contributed by atoms with Gasteiger partial charge in [-0.3, -0.25) is 9.69 Å². The van der Waals surface area contributed by atoms with Gasteiger partial charge in [-0.05, 0) is 101 Å². The molecule has 198 valence electrons. The molecule has 5 aliphatic rings. The number of ether oxygens (including phenoxy) is 1. The van der Waals surface area contributed by atoms with Crippen LogP contribution in [0.2, 0.25) is 0 Å². The summed E-state index contributed by atoms with van der Waals surface area (Å²) in [5.74, 6) is 4.91. The van der Waals surface area contributed by atoms with E-state index in [1.54, 1.807) is 5.57 Å². The molecule has 0 aromatic rings. The molecule has 9 atom stereocenters. The van der Waals surface area contributed by atoms with Crippen LogP contribution in [0.5, 0.6) is 0 Å². The maximum atomic E-state index is 12.2. The van der Waals surface area contributed by atoms with Crippen LogP contribution in [-0.2, 0) is 9.53 Å². The van der Waals surface area contributed by atoms with Crippen LogP contribution in [0.3, 0.4) is 0 Å². The number of allylic oxidation sites excluding steroid dienone is 1. The quantitative estimate of drug-likeness (QED) is 0.381. The number of nitrogens with zero attached hydrogens (tertiary/aromatic N) is 1. The summed E-state index contributed by atoms with van der Waals surface area (Å²) in [6.45, 7) is 19.1. The van der Waals surface area contributed by atoms with E-state index in [0.29, 0.717) is 35.1 Å². The van der Waals surface area contributed by atoms with E-state index in [1.807, 2.05) is 5.57 Å². The Morgan fingerprint density at radius 2 is 1.89 bits per heavy atom. The summed E-state index contributed by atoms with van der Waals surface area (Å²) in [4.78, 5) is 15.0. The van der Waals surface area contributed by atoms with E-state index < -0.39 is 0 Å². The number of fused-ring (bicyclic) bond motifs is 5. The van der Waals surface area contributed by atoms with Crippen molar-refractivity contribution in [3.8, 4) is 0 Å². The molecule has 0 aromatic heterocycles. The zero-order chi connectivity index (χ0) is 25.1. The minimum Gasteiger partial charge on any atom is -0.373 e. The second kappa shape index (κ2) is 9.57. The molecule has 0 radical (unpaired) electrons. The summed E-state index contributed by atoms with van der Waals surface area (Å²) in [5, 5.41) is 0. The molecule has 3 nitrogen and oxygen atoms in total. The molecule has 3 saturated carbocycles. The second-order valence-corrected chi connectivity index (χ2v) is 14.2. The van der Waals surface area contributed by atoms with Gasteiger partial charge in [-0.1, -0.05) is 45.3 Å². The summed E-state index contributed by atoms with van der Waals surface area (Å²) in [7, 11) is 0.